The van der Waals surface area contributed by atoms with Gasteiger partial charge >= 0.3 is 5.69 Å². The van der Waals surface area contributed by atoms with Gasteiger partial charge in [0.2, 0.25) is 5.91 Å². The number of nitrogens with two attached hydrogens (primary N) is 1. The van der Waals surface area contributed by atoms with Gasteiger partial charge in [0, 0.05) is 47.7 Å². The van der Waals surface area contributed by atoms with E-state index < -0.39 is 11.9 Å². The molecule has 31 heavy (non-hydrogen) atoms. The molecular formula is C23H25N5O3. The standard InChI is InChI=1S/C23H25N5O3/c1-14-5-3-6-18-21(14)17(13-26-18)15(2)27-19-7-4-11-25-22(19)28(23(27)31)16(10-12-29)8-9-20(24)30/h3-7,11-13,15-16,26H,8-10H2,1-2H3,(H2,24,30)/t15-,16?/m0/s1. The number of nitrogens with zero attached hydrogens (tertiary/aromatic N) is 3. The van der Waals surface area contributed by atoms with Gasteiger partial charge in [-0.3, -0.25) is 13.9 Å². The minimum absolute atomic E-state index is 0.0850. The second-order valence-corrected chi connectivity index (χ2v) is 7.85. The van der Waals surface area contributed by atoms with Crippen molar-refractivity contribution in [1.82, 2.24) is 19.1 Å². The molecule has 0 radical (unpaired) electrons. The van der Waals surface area contributed by atoms with E-state index in [-0.39, 0.29) is 24.6 Å². The number of fused-ring (bicyclic) bond motifs is 2. The van der Waals surface area contributed by atoms with Crippen molar-refractivity contribution in [1.29, 1.82) is 0 Å². The van der Waals surface area contributed by atoms with Crippen LogP contribution in [0.25, 0.3) is 22.1 Å². The summed E-state index contributed by atoms with van der Waals surface area (Å²) in [6.07, 6.45) is 4.80. The first kappa shape index (κ1) is 20.6. The third-order valence-electron chi connectivity index (χ3n) is 5.91. The number of H-pyrrole nitrogens is 1. The molecule has 1 unspecified atom stereocenters. The van der Waals surface area contributed by atoms with Crippen molar-refractivity contribution >= 4 is 34.3 Å². The van der Waals surface area contributed by atoms with E-state index in [0.717, 1.165) is 28.3 Å². The van der Waals surface area contributed by atoms with E-state index in [1.54, 1.807) is 16.8 Å². The fourth-order valence-corrected chi connectivity index (χ4v) is 4.42. The largest absolute Gasteiger partial charge is 0.370 e. The summed E-state index contributed by atoms with van der Waals surface area (Å²) in [4.78, 5) is 44.0. The van der Waals surface area contributed by atoms with E-state index in [4.69, 9.17) is 5.73 Å². The molecule has 0 aliphatic rings. The van der Waals surface area contributed by atoms with Crippen LogP contribution in [-0.4, -0.2) is 31.3 Å². The minimum atomic E-state index is -0.493. The van der Waals surface area contributed by atoms with Crippen LogP contribution in [-0.2, 0) is 9.59 Å². The molecule has 8 heteroatoms. The molecule has 0 saturated heterocycles. The van der Waals surface area contributed by atoms with Gasteiger partial charge < -0.3 is 15.5 Å². The van der Waals surface area contributed by atoms with Crippen LogP contribution in [0.5, 0.6) is 0 Å². The van der Waals surface area contributed by atoms with Crippen molar-refractivity contribution in [3.63, 3.8) is 0 Å². The van der Waals surface area contributed by atoms with Gasteiger partial charge in [0.15, 0.2) is 5.65 Å². The molecule has 3 N–H and O–H groups in total. The van der Waals surface area contributed by atoms with Crippen molar-refractivity contribution in [2.75, 3.05) is 0 Å². The van der Waals surface area contributed by atoms with Crippen molar-refractivity contribution in [2.45, 2.75) is 45.2 Å². The molecule has 0 aliphatic carbocycles. The Morgan fingerprint density at radius 3 is 2.81 bits per heavy atom. The van der Waals surface area contributed by atoms with Gasteiger partial charge in [-0.25, -0.2) is 9.78 Å². The van der Waals surface area contributed by atoms with Gasteiger partial charge in [0.1, 0.15) is 6.29 Å². The van der Waals surface area contributed by atoms with Crippen LogP contribution in [0, 0.1) is 6.92 Å². The highest BCUT2D eigenvalue weighted by atomic mass is 16.2. The fraction of sp³-hybridized carbons (Fsp3) is 0.304. The Bertz CT molecular complexity index is 1330. The smallest absolute Gasteiger partial charge is 0.331 e. The maximum atomic E-state index is 13.7. The molecule has 0 spiro atoms. The number of rotatable bonds is 8. The lowest BCUT2D eigenvalue weighted by Crippen LogP contribution is -2.30. The van der Waals surface area contributed by atoms with Gasteiger partial charge in [0.05, 0.1) is 11.6 Å². The van der Waals surface area contributed by atoms with Gasteiger partial charge in [-0.1, -0.05) is 12.1 Å². The number of imidazole rings is 1. The molecule has 8 nitrogen and oxygen atoms in total. The van der Waals surface area contributed by atoms with Gasteiger partial charge in [0.25, 0.3) is 0 Å². The molecule has 2 atom stereocenters. The Morgan fingerprint density at radius 2 is 2.06 bits per heavy atom. The lowest BCUT2D eigenvalue weighted by Gasteiger charge is -2.16. The van der Waals surface area contributed by atoms with Gasteiger partial charge in [-0.15, -0.1) is 0 Å². The number of carbonyl (C=O) groups is 2. The molecule has 4 aromatic rings. The first-order chi connectivity index (χ1) is 14.9. The van der Waals surface area contributed by atoms with Crippen LogP contribution in [0.1, 0.15) is 49.4 Å². The molecule has 1 amide bonds. The Labute approximate surface area is 178 Å². The number of benzene rings is 1. The number of aryl methyl sites for hydroxylation is 1. The second kappa shape index (κ2) is 8.22. The molecule has 160 valence electrons. The zero-order chi connectivity index (χ0) is 22.1. The van der Waals surface area contributed by atoms with Crippen molar-refractivity contribution in [2.24, 2.45) is 5.73 Å². The number of carbonyl (C=O) groups excluding carboxylic acids is 2. The van der Waals surface area contributed by atoms with E-state index in [0.29, 0.717) is 17.6 Å². The van der Waals surface area contributed by atoms with E-state index in [2.05, 4.69) is 9.97 Å². The molecule has 0 bridgehead atoms. The van der Waals surface area contributed by atoms with Crippen LogP contribution < -0.4 is 11.4 Å². The van der Waals surface area contributed by atoms with Crippen LogP contribution in [0.2, 0.25) is 0 Å². The molecule has 3 aromatic heterocycles. The van der Waals surface area contributed by atoms with Crippen molar-refractivity contribution in [3.05, 3.63) is 64.3 Å². The third-order valence-corrected chi connectivity index (χ3v) is 5.91. The Morgan fingerprint density at radius 1 is 1.26 bits per heavy atom. The first-order valence-corrected chi connectivity index (χ1v) is 10.3. The number of hydrogen-bond donors (Lipinski definition) is 2. The Kier molecular flexibility index (Phi) is 5.46. The summed E-state index contributed by atoms with van der Waals surface area (Å²) in [5, 5.41) is 1.09. The van der Waals surface area contributed by atoms with Crippen LogP contribution in [0.3, 0.4) is 0 Å². The van der Waals surface area contributed by atoms with E-state index in [1.807, 2.05) is 44.3 Å². The zero-order valence-electron chi connectivity index (χ0n) is 17.5. The third kappa shape index (κ3) is 3.54. The number of aromatic amines is 1. The van der Waals surface area contributed by atoms with E-state index >= 15 is 0 Å². The molecule has 3 heterocycles. The molecular weight excluding hydrogens is 394 g/mol. The summed E-state index contributed by atoms with van der Waals surface area (Å²) in [5.74, 6) is -0.469. The zero-order valence-corrected chi connectivity index (χ0v) is 17.5. The Hall–Kier alpha value is -3.68. The normalized spacial score (nSPS) is 13.5. The quantitative estimate of drug-likeness (QED) is 0.427. The van der Waals surface area contributed by atoms with E-state index in [9.17, 15) is 14.4 Å². The lowest BCUT2D eigenvalue weighted by atomic mass is 10.0. The predicted octanol–water partition coefficient (Wildman–Crippen LogP) is 2.99. The minimum Gasteiger partial charge on any atom is -0.370 e. The molecule has 1 aromatic carbocycles. The lowest BCUT2D eigenvalue weighted by molar-refractivity contribution is -0.118. The average molecular weight is 419 g/mol. The number of pyridine rings is 1. The van der Waals surface area contributed by atoms with Crippen molar-refractivity contribution in [3.8, 4) is 0 Å². The molecule has 0 saturated carbocycles. The topological polar surface area (TPSA) is 116 Å². The number of hydrogen-bond acceptors (Lipinski definition) is 4. The molecule has 4 rings (SSSR count). The summed E-state index contributed by atoms with van der Waals surface area (Å²) in [6, 6.07) is 8.92. The average Bonchev–Trinajstić information content (AvgIpc) is 3.30. The fourth-order valence-electron chi connectivity index (χ4n) is 4.42. The number of aldehydes is 1. The van der Waals surface area contributed by atoms with E-state index in [1.165, 1.54) is 4.57 Å². The summed E-state index contributed by atoms with van der Waals surface area (Å²) >= 11 is 0. The number of aromatic nitrogens is 4. The SMILES string of the molecule is Cc1cccc2[nH]cc([C@H](C)n3c(=O)n(C(CC=O)CCC(N)=O)c4ncccc43)c12. The monoisotopic (exact) mass is 419 g/mol. The molecule has 0 aliphatic heterocycles. The van der Waals surface area contributed by atoms with Gasteiger partial charge in [-0.05, 0) is 44.0 Å². The van der Waals surface area contributed by atoms with Crippen molar-refractivity contribution < 1.29 is 9.59 Å². The highest BCUT2D eigenvalue weighted by molar-refractivity contribution is 5.87. The first-order valence-electron chi connectivity index (χ1n) is 10.3. The van der Waals surface area contributed by atoms with Crippen LogP contribution in [0.15, 0.2) is 47.5 Å². The highest BCUT2D eigenvalue weighted by Crippen LogP contribution is 2.31. The number of nitrogens with one attached hydrogen (secondary N) is 1. The maximum Gasteiger partial charge on any atom is 0.331 e. The van der Waals surface area contributed by atoms with Crippen LogP contribution in [0.4, 0.5) is 0 Å². The summed E-state index contributed by atoms with van der Waals surface area (Å²) in [5.41, 5.74) is 9.35. The summed E-state index contributed by atoms with van der Waals surface area (Å²) in [6.45, 7) is 4.02. The molecule has 0 fully saturated rings. The maximum absolute atomic E-state index is 13.7. The highest BCUT2D eigenvalue weighted by Gasteiger charge is 2.25. The number of primary amides is 1. The second-order valence-electron chi connectivity index (χ2n) is 7.85. The van der Waals surface area contributed by atoms with Crippen LogP contribution >= 0.6 is 0 Å². The summed E-state index contributed by atoms with van der Waals surface area (Å²) < 4.78 is 3.24. The summed E-state index contributed by atoms with van der Waals surface area (Å²) in [7, 11) is 0. The van der Waals surface area contributed by atoms with Gasteiger partial charge in [-0.2, -0.15) is 0 Å². The number of amides is 1. The Balaban J connectivity index is 1.91. The predicted molar refractivity (Wildman–Crippen MR) is 119 cm³/mol.